The van der Waals surface area contributed by atoms with Crippen LogP contribution in [-0.2, 0) is 19.1 Å². The zero-order valence-electron chi connectivity index (χ0n) is 25.0. The van der Waals surface area contributed by atoms with E-state index in [9.17, 15) is 9.59 Å². The molecule has 3 fully saturated rings. The number of ether oxygens (including phenoxy) is 2. The molecule has 0 aliphatic heterocycles. The van der Waals surface area contributed by atoms with Crippen molar-refractivity contribution in [2.24, 2.45) is 52.3 Å². The van der Waals surface area contributed by atoms with Crippen molar-refractivity contribution in [3.63, 3.8) is 0 Å². The van der Waals surface area contributed by atoms with Crippen LogP contribution >= 0.6 is 0 Å². The third-order valence-corrected chi connectivity index (χ3v) is 11.9. The quantitative estimate of drug-likeness (QED) is 0.242. The first kappa shape index (κ1) is 28.7. The minimum atomic E-state index is -0.432. The van der Waals surface area contributed by atoms with Gasteiger partial charge in [-0.05, 0) is 109 Å². The molecule has 4 aliphatic rings. The molecule has 0 N–H and O–H groups in total. The van der Waals surface area contributed by atoms with Crippen molar-refractivity contribution in [1.29, 1.82) is 0 Å². The molecular formula is C33H54O4. The molecule has 0 aromatic rings. The Balaban J connectivity index is 1.53. The third-order valence-electron chi connectivity index (χ3n) is 11.9. The molecule has 0 unspecified atom stereocenters. The van der Waals surface area contributed by atoms with Crippen molar-refractivity contribution in [1.82, 2.24) is 0 Å². The Bertz CT molecular complexity index is 876. The highest BCUT2D eigenvalue weighted by Gasteiger charge is 2.60. The Morgan fingerprint density at radius 2 is 1.65 bits per heavy atom. The maximum Gasteiger partial charge on any atom is 0.303 e. The smallest absolute Gasteiger partial charge is 0.303 e. The van der Waals surface area contributed by atoms with Gasteiger partial charge in [0.2, 0.25) is 0 Å². The summed E-state index contributed by atoms with van der Waals surface area (Å²) in [6, 6.07) is 0. The Morgan fingerprint density at radius 1 is 0.946 bits per heavy atom. The second-order valence-electron chi connectivity index (χ2n) is 14.1. The van der Waals surface area contributed by atoms with Crippen molar-refractivity contribution < 1.29 is 19.1 Å². The zero-order valence-corrected chi connectivity index (χ0v) is 25.0. The van der Waals surface area contributed by atoms with E-state index in [1.54, 1.807) is 0 Å². The van der Waals surface area contributed by atoms with Crippen molar-refractivity contribution in [2.45, 2.75) is 132 Å². The lowest BCUT2D eigenvalue weighted by atomic mass is 9.46. The second kappa shape index (κ2) is 11.0. The molecule has 0 radical (unpaired) electrons. The van der Waals surface area contributed by atoms with E-state index in [1.165, 1.54) is 64.4 Å². The van der Waals surface area contributed by atoms with Crippen LogP contribution in [0.25, 0.3) is 0 Å². The molecule has 3 saturated carbocycles. The van der Waals surface area contributed by atoms with Crippen LogP contribution in [0.2, 0.25) is 0 Å². The van der Waals surface area contributed by atoms with Gasteiger partial charge in [-0.15, -0.1) is 0 Å². The SMILES string of the molecule is CC[C@@H](CC[C@@H](C)[C@H]1CC[C@H]2[C@@H]3CC=C4[C@@H](OC(C)=O)[C@@H](OC(C)=O)CC[C@]4(C)[C@H]3CC[C@]12C)C(C)C. The average molecular weight is 515 g/mol. The van der Waals surface area contributed by atoms with E-state index in [1.807, 2.05) is 0 Å². The Morgan fingerprint density at radius 3 is 2.27 bits per heavy atom. The van der Waals surface area contributed by atoms with Gasteiger partial charge in [-0.1, -0.05) is 60.5 Å². The zero-order chi connectivity index (χ0) is 27.1. The highest BCUT2D eigenvalue weighted by atomic mass is 16.6. The van der Waals surface area contributed by atoms with Gasteiger partial charge in [0, 0.05) is 13.8 Å². The molecule has 4 heteroatoms. The summed E-state index contributed by atoms with van der Waals surface area (Å²) >= 11 is 0. The molecule has 0 aromatic heterocycles. The lowest BCUT2D eigenvalue weighted by molar-refractivity contribution is -0.170. The normalized spacial score (nSPS) is 40.6. The fourth-order valence-electron chi connectivity index (χ4n) is 10.00. The molecular weight excluding hydrogens is 460 g/mol. The molecule has 4 aliphatic carbocycles. The number of carbonyl (C=O) groups excluding carboxylic acids is 2. The first-order chi connectivity index (χ1) is 17.4. The van der Waals surface area contributed by atoms with E-state index in [0.717, 1.165) is 48.9 Å². The molecule has 0 heterocycles. The fraction of sp³-hybridized carbons (Fsp3) is 0.879. The highest BCUT2D eigenvalue weighted by molar-refractivity contribution is 5.68. The third kappa shape index (κ3) is 5.29. The Labute approximate surface area is 226 Å². The van der Waals surface area contributed by atoms with Gasteiger partial charge in [-0.25, -0.2) is 0 Å². The summed E-state index contributed by atoms with van der Waals surface area (Å²) in [5.41, 5.74) is 1.70. The molecule has 0 amide bonds. The van der Waals surface area contributed by atoms with Crippen molar-refractivity contribution in [3.8, 4) is 0 Å². The number of rotatable bonds is 8. The minimum Gasteiger partial charge on any atom is -0.458 e. The van der Waals surface area contributed by atoms with E-state index in [2.05, 4.69) is 47.6 Å². The number of hydrogen-bond acceptors (Lipinski definition) is 4. The molecule has 10 atom stereocenters. The summed E-state index contributed by atoms with van der Waals surface area (Å²) in [4.78, 5) is 23.9. The topological polar surface area (TPSA) is 52.6 Å². The second-order valence-corrected chi connectivity index (χ2v) is 14.1. The lowest BCUT2D eigenvalue weighted by Gasteiger charge is -2.59. The summed E-state index contributed by atoms with van der Waals surface area (Å²) in [6.07, 6.45) is 13.9. The number of allylic oxidation sites excluding steroid dienone is 1. The minimum absolute atomic E-state index is 0.0241. The number of esters is 2. The van der Waals surface area contributed by atoms with E-state index in [4.69, 9.17) is 9.47 Å². The fourth-order valence-corrected chi connectivity index (χ4v) is 10.00. The summed E-state index contributed by atoms with van der Waals surface area (Å²) < 4.78 is 11.5. The first-order valence-corrected chi connectivity index (χ1v) is 15.5. The highest BCUT2D eigenvalue weighted by Crippen LogP contribution is 2.67. The molecule has 4 nitrogen and oxygen atoms in total. The van der Waals surface area contributed by atoms with Gasteiger partial charge in [0.1, 0.15) is 6.10 Å². The van der Waals surface area contributed by atoms with Crippen molar-refractivity contribution in [3.05, 3.63) is 11.6 Å². The van der Waals surface area contributed by atoms with E-state index in [-0.39, 0.29) is 23.5 Å². The Kier molecular flexibility index (Phi) is 8.56. The van der Waals surface area contributed by atoms with Gasteiger partial charge in [0.25, 0.3) is 0 Å². The number of hydrogen-bond donors (Lipinski definition) is 0. The summed E-state index contributed by atoms with van der Waals surface area (Å²) in [5, 5.41) is 0. The van der Waals surface area contributed by atoms with Crippen LogP contribution in [0.5, 0.6) is 0 Å². The van der Waals surface area contributed by atoms with Crippen LogP contribution in [-0.4, -0.2) is 24.1 Å². The maximum absolute atomic E-state index is 12.1. The lowest BCUT2D eigenvalue weighted by Crippen LogP contribution is -2.55. The molecule has 0 bridgehead atoms. The monoisotopic (exact) mass is 514 g/mol. The number of fused-ring (bicyclic) bond motifs is 5. The van der Waals surface area contributed by atoms with Crippen LogP contribution < -0.4 is 0 Å². The molecule has 210 valence electrons. The standard InChI is InChI=1S/C33H54O4/c1-9-24(20(2)3)11-10-21(4)26-14-15-27-25-12-13-29-31(37-23(6)35)30(36-22(5)34)17-19-33(29,8)28(25)16-18-32(26,27)7/h13,20-21,24-28,30-31H,9-12,14-19H2,1-8H3/t21-,24+,25+,26-,27+,28+,30+,31-,32-,33-/m1/s1. The van der Waals surface area contributed by atoms with Crippen LogP contribution in [0.3, 0.4) is 0 Å². The van der Waals surface area contributed by atoms with Gasteiger partial charge in [0.15, 0.2) is 6.10 Å². The summed E-state index contributed by atoms with van der Waals surface area (Å²) in [6.45, 7) is 17.7. The van der Waals surface area contributed by atoms with Crippen molar-refractivity contribution in [2.75, 3.05) is 0 Å². The van der Waals surface area contributed by atoms with E-state index >= 15 is 0 Å². The largest absolute Gasteiger partial charge is 0.458 e. The average Bonchev–Trinajstić information content (AvgIpc) is 3.17. The van der Waals surface area contributed by atoms with E-state index < -0.39 is 6.10 Å². The van der Waals surface area contributed by atoms with Crippen LogP contribution in [0.15, 0.2) is 11.6 Å². The van der Waals surface area contributed by atoms with Crippen LogP contribution in [0.1, 0.15) is 120 Å². The molecule has 37 heavy (non-hydrogen) atoms. The first-order valence-electron chi connectivity index (χ1n) is 15.5. The Hall–Kier alpha value is -1.32. The number of carbonyl (C=O) groups is 2. The predicted molar refractivity (Wildman–Crippen MR) is 149 cm³/mol. The maximum atomic E-state index is 12.1. The van der Waals surface area contributed by atoms with Gasteiger partial charge >= 0.3 is 11.9 Å². The van der Waals surface area contributed by atoms with Gasteiger partial charge < -0.3 is 9.47 Å². The molecule has 0 spiro atoms. The molecule has 4 rings (SSSR count). The van der Waals surface area contributed by atoms with E-state index in [0.29, 0.717) is 17.3 Å². The van der Waals surface area contributed by atoms with Gasteiger partial charge in [0.05, 0.1) is 0 Å². The van der Waals surface area contributed by atoms with Gasteiger partial charge in [-0.2, -0.15) is 0 Å². The predicted octanol–water partition coefficient (Wildman–Crippen LogP) is 8.14. The van der Waals surface area contributed by atoms with Crippen LogP contribution in [0.4, 0.5) is 0 Å². The van der Waals surface area contributed by atoms with Crippen LogP contribution in [0, 0.1) is 52.3 Å². The van der Waals surface area contributed by atoms with Crippen molar-refractivity contribution >= 4 is 11.9 Å². The molecule has 0 aromatic carbocycles. The van der Waals surface area contributed by atoms with Gasteiger partial charge in [-0.3, -0.25) is 9.59 Å². The summed E-state index contributed by atoms with van der Waals surface area (Å²) in [7, 11) is 0. The molecule has 0 saturated heterocycles. The summed E-state index contributed by atoms with van der Waals surface area (Å²) in [5.74, 6) is 4.84.